The summed E-state index contributed by atoms with van der Waals surface area (Å²) in [7, 11) is 3.19. The van der Waals surface area contributed by atoms with Gasteiger partial charge in [-0.15, -0.1) is 0 Å². The summed E-state index contributed by atoms with van der Waals surface area (Å²) in [5, 5.41) is 2.87. The van der Waals surface area contributed by atoms with Crippen molar-refractivity contribution in [3.05, 3.63) is 29.3 Å². The molecule has 0 aliphatic carbocycles. The molecule has 0 fully saturated rings. The maximum Gasteiger partial charge on any atom is 0.165 e. The zero-order valence-electron chi connectivity index (χ0n) is 8.23. The molecule has 0 unspecified atom stereocenters. The summed E-state index contributed by atoms with van der Waals surface area (Å²) in [6, 6.07) is 2.50. The second kappa shape index (κ2) is 4.91. The summed E-state index contributed by atoms with van der Waals surface area (Å²) < 4.78 is 31.1. The van der Waals surface area contributed by atoms with E-state index in [4.69, 9.17) is 4.74 Å². The summed E-state index contributed by atoms with van der Waals surface area (Å²) >= 11 is 0. The Bertz CT molecular complexity index is 315. The Hall–Kier alpha value is -1.16. The molecule has 0 aliphatic heterocycles. The van der Waals surface area contributed by atoms with Gasteiger partial charge < -0.3 is 10.1 Å². The molecule has 1 aromatic rings. The fourth-order valence-corrected chi connectivity index (χ4v) is 1.25. The largest absolute Gasteiger partial charge is 0.496 e. The van der Waals surface area contributed by atoms with Crippen LogP contribution in [0.25, 0.3) is 0 Å². The maximum atomic E-state index is 13.3. The van der Waals surface area contributed by atoms with Crippen molar-refractivity contribution in [2.75, 3.05) is 20.7 Å². The Balaban J connectivity index is 3.01. The number of nitrogens with one attached hydrogen (secondary N) is 1. The molecule has 14 heavy (non-hydrogen) atoms. The molecule has 0 amide bonds. The Labute approximate surface area is 81.9 Å². The van der Waals surface area contributed by atoms with E-state index in [-0.39, 0.29) is 5.56 Å². The lowest BCUT2D eigenvalue weighted by molar-refractivity contribution is 0.397. The number of ether oxygens (including phenoxy) is 1. The van der Waals surface area contributed by atoms with Crippen molar-refractivity contribution in [3.8, 4) is 5.75 Å². The molecular weight excluding hydrogens is 188 g/mol. The summed E-state index contributed by atoms with van der Waals surface area (Å²) in [6.45, 7) is 0.580. The van der Waals surface area contributed by atoms with Crippen LogP contribution >= 0.6 is 0 Å². The lowest BCUT2D eigenvalue weighted by atomic mass is 10.1. The van der Waals surface area contributed by atoms with Gasteiger partial charge in [-0.3, -0.25) is 0 Å². The molecule has 78 valence electrons. The zero-order valence-corrected chi connectivity index (χ0v) is 8.23. The van der Waals surface area contributed by atoms with Gasteiger partial charge in [0.2, 0.25) is 0 Å². The summed E-state index contributed by atoms with van der Waals surface area (Å²) in [6.07, 6.45) is 0.406. The van der Waals surface area contributed by atoms with Gasteiger partial charge in [0.15, 0.2) is 11.6 Å². The molecule has 0 spiro atoms. The minimum atomic E-state index is -0.836. The van der Waals surface area contributed by atoms with Crippen LogP contribution in [0, 0.1) is 11.6 Å². The highest BCUT2D eigenvalue weighted by Crippen LogP contribution is 2.23. The lowest BCUT2D eigenvalue weighted by Crippen LogP contribution is -2.12. The Morgan fingerprint density at radius 1 is 1.36 bits per heavy atom. The topological polar surface area (TPSA) is 21.3 Å². The molecule has 1 N–H and O–H groups in total. The third-order valence-corrected chi connectivity index (χ3v) is 2.00. The van der Waals surface area contributed by atoms with Crippen molar-refractivity contribution < 1.29 is 13.5 Å². The highest BCUT2D eigenvalue weighted by Gasteiger charge is 2.13. The van der Waals surface area contributed by atoms with Gasteiger partial charge >= 0.3 is 0 Å². The highest BCUT2D eigenvalue weighted by atomic mass is 19.2. The van der Waals surface area contributed by atoms with Crippen molar-refractivity contribution in [2.45, 2.75) is 6.42 Å². The van der Waals surface area contributed by atoms with Gasteiger partial charge in [0.25, 0.3) is 0 Å². The average Bonchev–Trinajstić information content (AvgIpc) is 2.20. The van der Waals surface area contributed by atoms with Crippen LogP contribution in [0.4, 0.5) is 8.78 Å². The molecule has 1 aromatic carbocycles. The molecule has 0 heterocycles. The summed E-state index contributed by atoms with van der Waals surface area (Å²) in [4.78, 5) is 0. The first-order valence-electron chi connectivity index (χ1n) is 4.36. The third-order valence-electron chi connectivity index (χ3n) is 2.00. The molecule has 0 aliphatic rings. The standard InChI is InChI=1S/C10H13F2NO/c1-13-6-5-7-9(14-2)4-3-8(11)10(7)12/h3-4,13H,5-6H2,1-2H3. The quantitative estimate of drug-likeness (QED) is 0.801. The number of benzene rings is 1. The number of rotatable bonds is 4. The Kier molecular flexibility index (Phi) is 3.83. The number of hydrogen-bond donors (Lipinski definition) is 1. The SMILES string of the molecule is CNCCc1c(OC)ccc(F)c1F. The minimum absolute atomic E-state index is 0.279. The van der Waals surface area contributed by atoms with Crippen LogP contribution in [0.5, 0.6) is 5.75 Å². The van der Waals surface area contributed by atoms with Crippen LogP contribution in [0.2, 0.25) is 0 Å². The van der Waals surface area contributed by atoms with Gasteiger partial charge in [-0.25, -0.2) is 8.78 Å². The summed E-state index contributed by atoms with van der Waals surface area (Å²) in [5.74, 6) is -1.27. The zero-order chi connectivity index (χ0) is 10.6. The van der Waals surface area contributed by atoms with E-state index in [1.165, 1.54) is 13.2 Å². The molecule has 0 radical (unpaired) electrons. The van der Waals surface area contributed by atoms with Crippen molar-refractivity contribution in [2.24, 2.45) is 0 Å². The van der Waals surface area contributed by atoms with Gasteiger partial charge in [0.1, 0.15) is 5.75 Å². The van der Waals surface area contributed by atoms with E-state index in [9.17, 15) is 8.78 Å². The van der Waals surface area contributed by atoms with Crippen molar-refractivity contribution in [1.29, 1.82) is 0 Å². The molecule has 1 rings (SSSR count). The molecule has 0 saturated carbocycles. The first-order valence-corrected chi connectivity index (χ1v) is 4.36. The van der Waals surface area contributed by atoms with E-state index >= 15 is 0 Å². The average molecular weight is 201 g/mol. The number of methoxy groups -OCH3 is 1. The molecule has 0 aromatic heterocycles. The van der Waals surface area contributed by atoms with E-state index in [1.54, 1.807) is 7.05 Å². The van der Waals surface area contributed by atoms with Crippen LogP contribution in [0.15, 0.2) is 12.1 Å². The first kappa shape index (κ1) is 10.9. The van der Waals surface area contributed by atoms with Crippen molar-refractivity contribution in [3.63, 3.8) is 0 Å². The van der Waals surface area contributed by atoms with Gasteiger partial charge in [-0.2, -0.15) is 0 Å². The molecule has 2 nitrogen and oxygen atoms in total. The van der Waals surface area contributed by atoms with Crippen LogP contribution in [0.1, 0.15) is 5.56 Å². The van der Waals surface area contributed by atoms with Gasteiger partial charge in [-0.1, -0.05) is 0 Å². The van der Waals surface area contributed by atoms with Crippen LogP contribution in [-0.4, -0.2) is 20.7 Å². The van der Waals surface area contributed by atoms with E-state index in [2.05, 4.69) is 5.32 Å². The molecule has 0 atom stereocenters. The van der Waals surface area contributed by atoms with E-state index in [1.807, 2.05) is 0 Å². The second-order valence-corrected chi connectivity index (χ2v) is 2.90. The van der Waals surface area contributed by atoms with Crippen LogP contribution < -0.4 is 10.1 Å². The Morgan fingerprint density at radius 2 is 2.07 bits per heavy atom. The van der Waals surface area contributed by atoms with E-state index in [0.29, 0.717) is 18.7 Å². The normalized spacial score (nSPS) is 10.3. The van der Waals surface area contributed by atoms with Gasteiger partial charge in [-0.05, 0) is 32.1 Å². The van der Waals surface area contributed by atoms with Gasteiger partial charge in [0, 0.05) is 5.56 Å². The number of hydrogen-bond acceptors (Lipinski definition) is 2. The lowest BCUT2D eigenvalue weighted by Gasteiger charge is -2.09. The van der Waals surface area contributed by atoms with Crippen molar-refractivity contribution >= 4 is 0 Å². The third kappa shape index (κ3) is 2.20. The van der Waals surface area contributed by atoms with Gasteiger partial charge in [0.05, 0.1) is 7.11 Å². The van der Waals surface area contributed by atoms with E-state index in [0.717, 1.165) is 6.07 Å². The monoisotopic (exact) mass is 201 g/mol. The first-order chi connectivity index (χ1) is 6.70. The Morgan fingerprint density at radius 3 is 2.64 bits per heavy atom. The molecule has 0 bridgehead atoms. The van der Waals surface area contributed by atoms with Crippen LogP contribution in [-0.2, 0) is 6.42 Å². The highest BCUT2D eigenvalue weighted by molar-refractivity contribution is 5.35. The molecular formula is C10H13F2NO. The minimum Gasteiger partial charge on any atom is -0.496 e. The summed E-state index contributed by atoms with van der Waals surface area (Å²) in [5.41, 5.74) is 0.279. The van der Waals surface area contributed by atoms with Crippen molar-refractivity contribution in [1.82, 2.24) is 5.32 Å². The number of halogens is 2. The van der Waals surface area contributed by atoms with E-state index < -0.39 is 11.6 Å². The smallest absolute Gasteiger partial charge is 0.165 e. The molecule has 4 heteroatoms. The van der Waals surface area contributed by atoms with Crippen LogP contribution in [0.3, 0.4) is 0 Å². The predicted octanol–water partition coefficient (Wildman–Crippen LogP) is 1.74. The second-order valence-electron chi connectivity index (χ2n) is 2.90. The number of likely N-dealkylation sites (N-methyl/N-ethyl adjacent to an activating group) is 1. The maximum absolute atomic E-state index is 13.3. The predicted molar refractivity (Wildman–Crippen MR) is 50.5 cm³/mol. The molecule has 0 saturated heterocycles. The fourth-order valence-electron chi connectivity index (χ4n) is 1.25. The fraction of sp³-hybridized carbons (Fsp3) is 0.400.